The maximum absolute atomic E-state index is 12.4. The smallest absolute Gasteiger partial charge is 0.323 e. The standard InChI is InChI=1S/C23H17NO5S/c25-21(26)13-24-22(27)20(30-23(24)28)12-18-7-3-4-8-19(18)29-14-15-9-10-16-5-1-2-6-17(16)11-15/h1-12H,13-14H2,(H,25,26)/b20-12+. The molecule has 1 aliphatic heterocycles. The molecule has 150 valence electrons. The normalized spacial score (nSPS) is 15.2. The largest absolute Gasteiger partial charge is 0.488 e. The Labute approximate surface area is 176 Å². The maximum atomic E-state index is 12.4. The van der Waals surface area contributed by atoms with Crippen LogP contribution in [0.15, 0.2) is 71.6 Å². The van der Waals surface area contributed by atoms with E-state index in [1.165, 1.54) is 0 Å². The quantitative estimate of drug-likeness (QED) is 0.591. The van der Waals surface area contributed by atoms with Gasteiger partial charge in [-0.3, -0.25) is 19.3 Å². The third-order valence-corrected chi connectivity index (χ3v) is 5.49. The van der Waals surface area contributed by atoms with Crippen molar-refractivity contribution in [2.24, 2.45) is 0 Å². The zero-order valence-electron chi connectivity index (χ0n) is 15.8. The SMILES string of the molecule is O=C(O)CN1C(=O)S/C(=C/c2ccccc2OCc2ccc3ccccc3c2)C1=O. The molecule has 0 bridgehead atoms. The van der Waals surface area contributed by atoms with Crippen molar-refractivity contribution in [1.29, 1.82) is 0 Å². The van der Waals surface area contributed by atoms with Gasteiger partial charge in [-0.1, -0.05) is 54.6 Å². The lowest BCUT2D eigenvalue weighted by molar-refractivity contribution is -0.140. The van der Waals surface area contributed by atoms with Crippen molar-refractivity contribution in [1.82, 2.24) is 4.90 Å². The minimum Gasteiger partial charge on any atom is -0.488 e. The predicted molar refractivity (Wildman–Crippen MR) is 115 cm³/mol. The zero-order chi connectivity index (χ0) is 21.1. The molecule has 0 atom stereocenters. The number of amides is 2. The molecule has 1 heterocycles. The van der Waals surface area contributed by atoms with Crippen molar-refractivity contribution in [3.05, 3.63) is 82.8 Å². The van der Waals surface area contributed by atoms with Crippen LogP contribution in [0, 0.1) is 0 Å². The van der Waals surface area contributed by atoms with Crippen molar-refractivity contribution in [3.8, 4) is 5.75 Å². The molecule has 0 saturated carbocycles. The van der Waals surface area contributed by atoms with E-state index in [1.807, 2.05) is 42.5 Å². The fourth-order valence-corrected chi connectivity index (χ4v) is 3.96. The predicted octanol–water partition coefficient (Wildman–Crippen LogP) is 4.54. The lowest BCUT2D eigenvalue weighted by atomic mass is 10.1. The summed E-state index contributed by atoms with van der Waals surface area (Å²) in [5.74, 6) is -1.29. The zero-order valence-corrected chi connectivity index (χ0v) is 16.6. The third kappa shape index (κ3) is 4.21. The highest BCUT2D eigenvalue weighted by Gasteiger charge is 2.36. The highest BCUT2D eigenvalue weighted by atomic mass is 32.2. The van der Waals surface area contributed by atoms with Gasteiger partial charge in [-0.05, 0) is 46.3 Å². The van der Waals surface area contributed by atoms with E-state index in [0.717, 1.165) is 33.0 Å². The Morgan fingerprint density at radius 2 is 1.73 bits per heavy atom. The van der Waals surface area contributed by atoms with Crippen molar-refractivity contribution in [2.75, 3.05) is 6.54 Å². The van der Waals surface area contributed by atoms with Crippen molar-refractivity contribution < 1.29 is 24.2 Å². The Bertz CT molecular complexity index is 1190. The van der Waals surface area contributed by atoms with Gasteiger partial charge in [0.1, 0.15) is 18.9 Å². The van der Waals surface area contributed by atoms with Crippen LogP contribution in [-0.4, -0.2) is 33.7 Å². The van der Waals surface area contributed by atoms with E-state index < -0.39 is 23.7 Å². The molecule has 0 unspecified atom stereocenters. The summed E-state index contributed by atoms with van der Waals surface area (Å²) in [4.78, 5) is 36.1. The van der Waals surface area contributed by atoms with Gasteiger partial charge in [-0.15, -0.1) is 0 Å². The Morgan fingerprint density at radius 1 is 1.00 bits per heavy atom. The molecule has 0 radical (unpaired) electrons. The first kappa shape index (κ1) is 19.7. The second kappa shape index (κ2) is 8.42. The van der Waals surface area contributed by atoms with Crippen molar-refractivity contribution >= 4 is 45.7 Å². The number of hydrogen-bond donors (Lipinski definition) is 1. The van der Waals surface area contributed by atoms with Gasteiger partial charge >= 0.3 is 5.97 Å². The Kier molecular flexibility index (Phi) is 5.54. The van der Waals surface area contributed by atoms with Gasteiger partial charge in [0.15, 0.2) is 0 Å². The molecule has 30 heavy (non-hydrogen) atoms. The highest BCUT2D eigenvalue weighted by molar-refractivity contribution is 8.18. The number of carboxylic acids is 1. The average Bonchev–Trinajstić information content (AvgIpc) is 3.00. The molecular formula is C23H17NO5S. The van der Waals surface area contributed by atoms with E-state index >= 15 is 0 Å². The number of benzene rings is 3. The van der Waals surface area contributed by atoms with Crippen molar-refractivity contribution in [2.45, 2.75) is 6.61 Å². The van der Waals surface area contributed by atoms with E-state index in [0.29, 0.717) is 17.9 Å². The number of carboxylic acid groups (broad SMARTS) is 1. The van der Waals surface area contributed by atoms with Crippen LogP contribution in [0.2, 0.25) is 0 Å². The van der Waals surface area contributed by atoms with E-state index in [4.69, 9.17) is 9.84 Å². The molecule has 1 N–H and O–H groups in total. The molecule has 6 nitrogen and oxygen atoms in total. The van der Waals surface area contributed by atoms with Crippen LogP contribution in [0.5, 0.6) is 5.75 Å². The van der Waals surface area contributed by atoms with Crippen molar-refractivity contribution in [3.63, 3.8) is 0 Å². The number of aliphatic carboxylic acids is 1. The first-order chi connectivity index (χ1) is 14.5. The lowest BCUT2D eigenvalue weighted by Crippen LogP contribution is -2.33. The number of carbonyl (C=O) groups is 3. The van der Waals surface area contributed by atoms with Crippen LogP contribution < -0.4 is 4.74 Å². The number of hydrogen-bond acceptors (Lipinski definition) is 5. The molecule has 7 heteroatoms. The second-order valence-electron chi connectivity index (χ2n) is 6.67. The summed E-state index contributed by atoms with van der Waals surface area (Å²) in [6.07, 6.45) is 1.56. The van der Waals surface area contributed by atoms with Gasteiger partial charge in [-0.2, -0.15) is 0 Å². The molecule has 0 aliphatic carbocycles. The average molecular weight is 419 g/mol. The van der Waals surface area contributed by atoms with Gasteiger partial charge in [0.25, 0.3) is 11.1 Å². The number of ether oxygens (including phenoxy) is 1. The molecule has 2 amide bonds. The van der Waals surface area contributed by atoms with Crippen LogP contribution in [-0.2, 0) is 16.2 Å². The maximum Gasteiger partial charge on any atom is 0.323 e. The van der Waals surface area contributed by atoms with Crippen LogP contribution in [0.1, 0.15) is 11.1 Å². The minimum absolute atomic E-state index is 0.169. The lowest BCUT2D eigenvalue weighted by Gasteiger charge is -2.11. The summed E-state index contributed by atoms with van der Waals surface area (Å²) in [6.45, 7) is -0.307. The van der Waals surface area contributed by atoms with E-state index in [9.17, 15) is 14.4 Å². The van der Waals surface area contributed by atoms with Gasteiger partial charge in [0.2, 0.25) is 0 Å². The molecule has 1 saturated heterocycles. The Morgan fingerprint density at radius 3 is 2.53 bits per heavy atom. The van der Waals surface area contributed by atoms with Crippen LogP contribution in [0.3, 0.4) is 0 Å². The number of carbonyl (C=O) groups excluding carboxylic acids is 2. The molecule has 1 fully saturated rings. The minimum atomic E-state index is -1.24. The number of nitrogens with zero attached hydrogens (tertiary/aromatic N) is 1. The number of imide groups is 1. The van der Waals surface area contributed by atoms with E-state index in [-0.39, 0.29) is 4.91 Å². The fraction of sp³-hybridized carbons (Fsp3) is 0.0870. The number of thioether (sulfide) groups is 1. The first-order valence-corrected chi connectivity index (χ1v) is 9.99. The van der Waals surface area contributed by atoms with Crippen LogP contribution in [0.25, 0.3) is 16.8 Å². The summed E-state index contributed by atoms with van der Waals surface area (Å²) in [6, 6.07) is 21.4. The molecule has 4 rings (SSSR count). The van der Waals surface area contributed by atoms with Gasteiger partial charge < -0.3 is 9.84 Å². The molecule has 0 aromatic heterocycles. The van der Waals surface area contributed by atoms with E-state index in [1.54, 1.807) is 24.3 Å². The third-order valence-electron chi connectivity index (χ3n) is 4.58. The Balaban J connectivity index is 1.54. The topological polar surface area (TPSA) is 83.9 Å². The van der Waals surface area contributed by atoms with Crippen LogP contribution >= 0.6 is 11.8 Å². The molecular weight excluding hydrogens is 402 g/mol. The monoisotopic (exact) mass is 419 g/mol. The van der Waals surface area contributed by atoms with Gasteiger partial charge in [0.05, 0.1) is 4.91 Å². The van der Waals surface area contributed by atoms with Crippen LogP contribution in [0.4, 0.5) is 4.79 Å². The molecule has 3 aromatic carbocycles. The number of fused-ring (bicyclic) bond motifs is 1. The highest BCUT2D eigenvalue weighted by Crippen LogP contribution is 2.34. The summed E-state index contributed by atoms with van der Waals surface area (Å²) in [7, 11) is 0. The molecule has 3 aromatic rings. The molecule has 0 spiro atoms. The second-order valence-corrected chi connectivity index (χ2v) is 7.66. The molecule has 1 aliphatic rings. The summed E-state index contributed by atoms with van der Waals surface area (Å²) < 4.78 is 5.98. The first-order valence-electron chi connectivity index (χ1n) is 9.18. The number of para-hydroxylation sites is 1. The summed E-state index contributed by atoms with van der Waals surface area (Å²) in [5.41, 5.74) is 1.64. The summed E-state index contributed by atoms with van der Waals surface area (Å²) in [5, 5.41) is 10.6. The fourth-order valence-electron chi connectivity index (χ4n) is 3.13. The Hall–Kier alpha value is -3.58. The summed E-state index contributed by atoms with van der Waals surface area (Å²) >= 11 is 0.723. The van der Waals surface area contributed by atoms with E-state index in [2.05, 4.69) is 6.07 Å². The van der Waals surface area contributed by atoms with Gasteiger partial charge in [-0.25, -0.2) is 0 Å². The van der Waals surface area contributed by atoms with Gasteiger partial charge in [0, 0.05) is 5.56 Å². The number of rotatable bonds is 6.